The van der Waals surface area contributed by atoms with Gasteiger partial charge >= 0.3 is 0 Å². The Kier molecular flexibility index (Phi) is 5.07. The summed E-state index contributed by atoms with van der Waals surface area (Å²) in [7, 11) is 0. The maximum Gasteiger partial charge on any atom is 0.123 e. The summed E-state index contributed by atoms with van der Waals surface area (Å²) < 4.78 is 7.10. The van der Waals surface area contributed by atoms with Crippen molar-refractivity contribution in [1.29, 1.82) is 0 Å². The van der Waals surface area contributed by atoms with Crippen LogP contribution in [0.15, 0.2) is 22.7 Å². The molecule has 1 atom stereocenters. The summed E-state index contributed by atoms with van der Waals surface area (Å²) in [6.45, 7) is 7.65. The number of ether oxygens (including phenoxy) is 1. The van der Waals surface area contributed by atoms with Crippen molar-refractivity contribution in [3.05, 3.63) is 28.2 Å². The van der Waals surface area contributed by atoms with Gasteiger partial charge in [0, 0.05) is 16.1 Å². The predicted molar refractivity (Wildman–Crippen MR) is 79.3 cm³/mol. The molecule has 0 aliphatic carbocycles. The molecule has 1 aliphatic heterocycles. The molecule has 3 heteroatoms. The highest BCUT2D eigenvalue weighted by Crippen LogP contribution is 2.32. The molecular formula is C15H22BrNO. The van der Waals surface area contributed by atoms with Gasteiger partial charge in [0.05, 0.1) is 0 Å². The Labute approximate surface area is 118 Å². The molecule has 0 amide bonds. The third-order valence-electron chi connectivity index (χ3n) is 3.48. The zero-order chi connectivity index (χ0) is 13.0. The van der Waals surface area contributed by atoms with E-state index in [2.05, 4.69) is 46.8 Å². The number of fused-ring (bicyclic) bond motifs is 1. The molecule has 1 aromatic rings. The van der Waals surface area contributed by atoms with Crippen LogP contribution < -0.4 is 4.74 Å². The second-order valence-corrected chi connectivity index (χ2v) is 5.78. The summed E-state index contributed by atoms with van der Waals surface area (Å²) >= 11 is 3.64. The van der Waals surface area contributed by atoms with Gasteiger partial charge in [-0.3, -0.25) is 4.90 Å². The molecular weight excluding hydrogens is 290 g/mol. The maximum atomic E-state index is 5.92. The van der Waals surface area contributed by atoms with Gasteiger partial charge < -0.3 is 4.74 Å². The van der Waals surface area contributed by atoms with Gasteiger partial charge in [0.2, 0.25) is 0 Å². The van der Waals surface area contributed by atoms with Crippen LogP contribution >= 0.6 is 15.9 Å². The van der Waals surface area contributed by atoms with Crippen molar-refractivity contribution in [3.63, 3.8) is 0 Å². The lowest BCUT2D eigenvalue weighted by Gasteiger charge is -2.35. The number of halogens is 1. The van der Waals surface area contributed by atoms with E-state index in [4.69, 9.17) is 4.74 Å². The Hall–Kier alpha value is -0.540. The molecule has 1 unspecified atom stereocenters. The van der Waals surface area contributed by atoms with E-state index >= 15 is 0 Å². The van der Waals surface area contributed by atoms with Gasteiger partial charge in [0.1, 0.15) is 12.4 Å². The molecule has 0 bridgehead atoms. The SMILES string of the molecule is CCCN(CCC)C1COc2cccc(Br)c2C1. The van der Waals surface area contributed by atoms with E-state index in [0.717, 1.165) is 18.8 Å². The predicted octanol–water partition coefficient (Wildman–Crippen LogP) is 3.87. The molecule has 18 heavy (non-hydrogen) atoms. The van der Waals surface area contributed by atoms with Crippen LogP contribution in [0.2, 0.25) is 0 Å². The second-order valence-electron chi connectivity index (χ2n) is 4.92. The van der Waals surface area contributed by atoms with Gasteiger partial charge in [0.15, 0.2) is 0 Å². The average Bonchev–Trinajstić information content (AvgIpc) is 2.39. The van der Waals surface area contributed by atoms with E-state index in [0.29, 0.717) is 6.04 Å². The Bertz CT molecular complexity index is 388. The van der Waals surface area contributed by atoms with Crippen molar-refractivity contribution in [2.45, 2.75) is 39.2 Å². The molecule has 0 saturated carbocycles. The first kappa shape index (κ1) is 13.9. The summed E-state index contributed by atoms with van der Waals surface area (Å²) in [6, 6.07) is 6.74. The molecule has 1 aliphatic rings. The summed E-state index contributed by atoms with van der Waals surface area (Å²) in [5, 5.41) is 0. The highest BCUT2D eigenvalue weighted by molar-refractivity contribution is 9.10. The topological polar surface area (TPSA) is 12.5 Å². The second kappa shape index (κ2) is 6.58. The molecule has 0 saturated heterocycles. The highest BCUT2D eigenvalue weighted by Gasteiger charge is 2.25. The highest BCUT2D eigenvalue weighted by atomic mass is 79.9. The smallest absolute Gasteiger partial charge is 0.123 e. The average molecular weight is 312 g/mol. The minimum absolute atomic E-state index is 0.524. The first-order valence-electron chi connectivity index (χ1n) is 6.90. The first-order valence-corrected chi connectivity index (χ1v) is 7.69. The summed E-state index contributed by atoms with van der Waals surface area (Å²) in [4.78, 5) is 2.57. The van der Waals surface area contributed by atoms with E-state index in [1.807, 2.05) is 6.07 Å². The van der Waals surface area contributed by atoms with Gasteiger partial charge in [-0.2, -0.15) is 0 Å². The molecule has 2 nitrogen and oxygen atoms in total. The Morgan fingerprint density at radius 1 is 1.28 bits per heavy atom. The van der Waals surface area contributed by atoms with Gasteiger partial charge in [-0.15, -0.1) is 0 Å². The molecule has 0 radical (unpaired) electrons. The third kappa shape index (κ3) is 3.07. The molecule has 0 aromatic heterocycles. The minimum atomic E-state index is 0.524. The Balaban J connectivity index is 2.12. The van der Waals surface area contributed by atoms with Crippen LogP contribution in [0.1, 0.15) is 32.3 Å². The summed E-state index contributed by atoms with van der Waals surface area (Å²) in [5.74, 6) is 1.05. The Morgan fingerprint density at radius 2 is 2.00 bits per heavy atom. The summed E-state index contributed by atoms with van der Waals surface area (Å²) in [5.41, 5.74) is 1.32. The molecule has 0 spiro atoms. The zero-order valence-electron chi connectivity index (χ0n) is 11.3. The largest absolute Gasteiger partial charge is 0.492 e. The number of nitrogens with zero attached hydrogens (tertiary/aromatic N) is 1. The van der Waals surface area contributed by atoms with Gasteiger partial charge in [-0.1, -0.05) is 35.8 Å². The number of benzene rings is 1. The quantitative estimate of drug-likeness (QED) is 0.818. The van der Waals surface area contributed by atoms with Crippen molar-refractivity contribution in [2.75, 3.05) is 19.7 Å². The molecule has 100 valence electrons. The fraction of sp³-hybridized carbons (Fsp3) is 0.600. The van der Waals surface area contributed by atoms with E-state index in [1.54, 1.807) is 0 Å². The molecule has 2 rings (SSSR count). The van der Waals surface area contributed by atoms with E-state index in [9.17, 15) is 0 Å². The van der Waals surface area contributed by atoms with Gasteiger partial charge in [-0.05, 0) is 44.5 Å². The van der Waals surface area contributed by atoms with Crippen molar-refractivity contribution < 1.29 is 4.74 Å². The number of hydrogen-bond acceptors (Lipinski definition) is 2. The van der Waals surface area contributed by atoms with E-state index in [1.165, 1.54) is 36.0 Å². The van der Waals surface area contributed by atoms with Crippen LogP contribution in [0.25, 0.3) is 0 Å². The lowest BCUT2D eigenvalue weighted by atomic mass is 10.0. The Morgan fingerprint density at radius 3 is 2.67 bits per heavy atom. The number of rotatable bonds is 5. The van der Waals surface area contributed by atoms with Crippen LogP contribution in [0.5, 0.6) is 5.75 Å². The van der Waals surface area contributed by atoms with Crippen molar-refractivity contribution >= 4 is 15.9 Å². The lowest BCUT2D eigenvalue weighted by molar-refractivity contribution is 0.119. The van der Waals surface area contributed by atoms with Gasteiger partial charge in [-0.25, -0.2) is 0 Å². The van der Waals surface area contributed by atoms with E-state index < -0.39 is 0 Å². The third-order valence-corrected chi connectivity index (χ3v) is 4.23. The zero-order valence-corrected chi connectivity index (χ0v) is 12.9. The van der Waals surface area contributed by atoms with Crippen LogP contribution in [0.4, 0.5) is 0 Å². The van der Waals surface area contributed by atoms with Crippen molar-refractivity contribution in [2.24, 2.45) is 0 Å². The fourth-order valence-corrected chi connectivity index (χ4v) is 3.15. The normalized spacial score (nSPS) is 18.6. The molecule has 0 N–H and O–H groups in total. The fourth-order valence-electron chi connectivity index (χ4n) is 2.64. The molecule has 1 aromatic carbocycles. The molecule has 1 heterocycles. The minimum Gasteiger partial charge on any atom is -0.492 e. The summed E-state index contributed by atoms with van der Waals surface area (Å²) in [6.07, 6.45) is 3.51. The van der Waals surface area contributed by atoms with Crippen LogP contribution in [-0.2, 0) is 6.42 Å². The van der Waals surface area contributed by atoms with Crippen LogP contribution in [0, 0.1) is 0 Å². The lowest BCUT2D eigenvalue weighted by Crippen LogP contribution is -2.44. The standard InChI is InChI=1S/C15H22BrNO/c1-3-8-17(9-4-2)12-10-13-14(16)6-5-7-15(13)18-11-12/h5-7,12H,3-4,8-11H2,1-2H3. The van der Waals surface area contributed by atoms with E-state index in [-0.39, 0.29) is 0 Å². The van der Waals surface area contributed by atoms with Crippen molar-refractivity contribution in [3.8, 4) is 5.75 Å². The molecule has 0 fully saturated rings. The number of hydrogen-bond donors (Lipinski definition) is 0. The van der Waals surface area contributed by atoms with Crippen LogP contribution in [0.3, 0.4) is 0 Å². The van der Waals surface area contributed by atoms with Crippen LogP contribution in [-0.4, -0.2) is 30.6 Å². The van der Waals surface area contributed by atoms with Gasteiger partial charge in [0.25, 0.3) is 0 Å². The maximum absolute atomic E-state index is 5.92. The van der Waals surface area contributed by atoms with Crippen molar-refractivity contribution in [1.82, 2.24) is 4.90 Å². The monoisotopic (exact) mass is 311 g/mol. The first-order chi connectivity index (χ1) is 8.76.